The van der Waals surface area contributed by atoms with Crippen molar-refractivity contribution in [1.82, 2.24) is 19.7 Å². The molecule has 2 heterocycles. The Morgan fingerprint density at radius 3 is 2.68 bits per heavy atom. The van der Waals surface area contributed by atoms with E-state index >= 15 is 0 Å². The Morgan fingerprint density at radius 2 is 1.95 bits per heavy atom. The van der Waals surface area contributed by atoms with Gasteiger partial charge in [0, 0.05) is 12.5 Å². The number of hydrogen-bond acceptors (Lipinski definition) is 3. The fraction of sp³-hybridized carbons (Fsp3) is 0.556. The molecule has 1 aromatic heterocycles. The van der Waals surface area contributed by atoms with Gasteiger partial charge >= 0.3 is 0 Å². The van der Waals surface area contributed by atoms with Gasteiger partial charge in [0.1, 0.15) is 12.2 Å². The molecule has 2 aliphatic rings. The quantitative estimate of drug-likeness (QED) is 0.873. The van der Waals surface area contributed by atoms with Crippen molar-refractivity contribution in [3.05, 3.63) is 47.5 Å². The van der Waals surface area contributed by atoms with Gasteiger partial charge in [-0.05, 0) is 49.9 Å². The van der Waals surface area contributed by atoms with Crippen LogP contribution in [-0.4, -0.2) is 39.3 Å². The summed E-state index contributed by atoms with van der Waals surface area (Å²) in [4.78, 5) is 7.18. The summed E-state index contributed by atoms with van der Waals surface area (Å²) in [5.41, 5.74) is 2.96. The van der Waals surface area contributed by atoms with Gasteiger partial charge in [0.25, 0.3) is 0 Å². The number of hydrogen-bond donors (Lipinski definition) is 0. The number of likely N-dealkylation sites (N-methyl/N-ethyl adjacent to an activating group) is 1. The molecule has 1 aromatic carbocycles. The van der Waals surface area contributed by atoms with E-state index in [0.29, 0.717) is 12.0 Å². The molecule has 0 spiro atoms. The van der Waals surface area contributed by atoms with Crippen LogP contribution < -0.4 is 0 Å². The van der Waals surface area contributed by atoms with Gasteiger partial charge in [-0.2, -0.15) is 5.10 Å². The molecule has 0 amide bonds. The first-order valence-electron chi connectivity index (χ1n) is 8.53. The second-order valence-electron chi connectivity index (χ2n) is 6.63. The molecule has 1 saturated heterocycles. The monoisotopic (exact) mass is 296 g/mol. The summed E-state index contributed by atoms with van der Waals surface area (Å²) < 4.78 is 2.23. The average Bonchev–Trinajstić information content (AvgIpc) is 3.21. The molecule has 4 rings (SSSR count). The van der Waals surface area contributed by atoms with Crippen LogP contribution in [0.15, 0.2) is 30.6 Å². The highest BCUT2D eigenvalue weighted by molar-refractivity contribution is 5.33. The molecule has 1 fully saturated rings. The SMILES string of the molecule is CCN1CCC[C@H](c2ncnn2C2Cc3ccccc3C2)C1. The molecule has 2 aromatic rings. The van der Waals surface area contributed by atoms with Crippen LogP contribution >= 0.6 is 0 Å². The number of aromatic nitrogens is 3. The maximum atomic E-state index is 4.64. The molecular weight excluding hydrogens is 272 g/mol. The fourth-order valence-corrected chi connectivity index (χ4v) is 4.09. The number of likely N-dealkylation sites (tertiary alicyclic amines) is 1. The molecule has 0 N–H and O–H groups in total. The highest BCUT2D eigenvalue weighted by atomic mass is 15.4. The lowest BCUT2D eigenvalue weighted by molar-refractivity contribution is 0.209. The van der Waals surface area contributed by atoms with Crippen LogP contribution in [0.2, 0.25) is 0 Å². The van der Waals surface area contributed by atoms with Crippen molar-refractivity contribution < 1.29 is 0 Å². The van der Waals surface area contributed by atoms with Crippen LogP contribution in [0.3, 0.4) is 0 Å². The molecule has 4 nitrogen and oxygen atoms in total. The van der Waals surface area contributed by atoms with Gasteiger partial charge in [-0.15, -0.1) is 0 Å². The summed E-state index contributed by atoms with van der Waals surface area (Å²) in [6, 6.07) is 9.25. The first kappa shape index (κ1) is 13.9. The summed E-state index contributed by atoms with van der Waals surface area (Å²) in [5.74, 6) is 1.75. The Bertz CT molecular complexity index is 623. The molecule has 0 unspecified atom stereocenters. The van der Waals surface area contributed by atoms with E-state index in [0.717, 1.165) is 25.9 Å². The molecule has 0 bridgehead atoms. The molecule has 0 saturated carbocycles. The summed E-state index contributed by atoms with van der Waals surface area (Å²) in [6.07, 6.45) is 6.46. The summed E-state index contributed by atoms with van der Waals surface area (Å²) in [7, 11) is 0. The smallest absolute Gasteiger partial charge is 0.138 e. The van der Waals surface area contributed by atoms with Crippen LogP contribution in [0.5, 0.6) is 0 Å². The molecule has 22 heavy (non-hydrogen) atoms. The Morgan fingerprint density at radius 1 is 1.18 bits per heavy atom. The highest BCUT2D eigenvalue weighted by Crippen LogP contribution is 2.33. The number of nitrogens with zero attached hydrogens (tertiary/aromatic N) is 4. The minimum Gasteiger partial charge on any atom is -0.303 e. The molecular formula is C18H24N4. The minimum atomic E-state index is 0.451. The van der Waals surface area contributed by atoms with Crippen molar-refractivity contribution in [3.63, 3.8) is 0 Å². The lowest BCUT2D eigenvalue weighted by Gasteiger charge is -2.31. The van der Waals surface area contributed by atoms with E-state index in [1.165, 1.54) is 36.3 Å². The van der Waals surface area contributed by atoms with Gasteiger partial charge in [0.15, 0.2) is 0 Å². The van der Waals surface area contributed by atoms with Gasteiger partial charge in [0.05, 0.1) is 6.04 Å². The van der Waals surface area contributed by atoms with Crippen molar-refractivity contribution in [2.24, 2.45) is 0 Å². The van der Waals surface area contributed by atoms with Crippen molar-refractivity contribution >= 4 is 0 Å². The predicted octanol–water partition coefficient (Wildman–Crippen LogP) is 2.82. The largest absolute Gasteiger partial charge is 0.303 e. The van der Waals surface area contributed by atoms with E-state index in [1.54, 1.807) is 6.33 Å². The van der Waals surface area contributed by atoms with Crippen molar-refractivity contribution in [2.75, 3.05) is 19.6 Å². The Labute approximate surface area is 132 Å². The molecule has 0 radical (unpaired) electrons. The zero-order valence-electron chi connectivity index (χ0n) is 13.3. The highest BCUT2D eigenvalue weighted by Gasteiger charge is 2.29. The van der Waals surface area contributed by atoms with E-state index in [9.17, 15) is 0 Å². The third-order valence-electron chi connectivity index (χ3n) is 5.29. The van der Waals surface area contributed by atoms with E-state index in [-0.39, 0.29) is 0 Å². The van der Waals surface area contributed by atoms with Crippen molar-refractivity contribution in [1.29, 1.82) is 0 Å². The second kappa shape index (κ2) is 5.84. The van der Waals surface area contributed by atoms with Crippen molar-refractivity contribution in [2.45, 2.75) is 44.6 Å². The van der Waals surface area contributed by atoms with Crippen LogP contribution in [0, 0.1) is 0 Å². The molecule has 1 atom stereocenters. The first-order valence-corrected chi connectivity index (χ1v) is 8.53. The van der Waals surface area contributed by atoms with Crippen molar-refractivity contribution in [3.8, 4) is 0 Å². The zero-order valence-corrected chi connectivity index (χ0v) is 13.3. The molecule has 1 aliphatic carbocycles. The van der Waals surface area contributed by atoms with E-state index < -0.39 is 0 Å². The summed E-state index contributed by atoms with van der Waals surface area (Å²) in [5, 5.41) is 4.59. The lowest BCUT2D eigenvalue weighted by Crippen LogP contribution is -2.35. The Kier molecular flexibility index (Phi) is 3.70. The maximum absolute atomic E-state index is 4.64. The van der Waals surface area contributed by atoms with Gasteiger partial charge < -0.3 is 4.90 Å². The normalized spacial score (nSPS) is 22.9. The molecule has 116 valence electrons. The number of rotatable bonds is 3. The zero-order chi connectivity index (χ0) is 14.9. The average molecular weight is 296 g/mol. The first-order chi connectivity index (χ1) is 10.8. The van der Waals surface area contributed by atoms with E-state index in [4.69, 9.17) is 0 Å². The standard InChI is InChI=1S/C18H24N4/c1-2-21-9-5-8-16(12-21)18-19-13-20-22(18)17-10-14-6-3-4-7-15(14)11-17/h3-4,6-7,13,16-17H,2,5,8-12H2,1H3/t16-/m0/s1. The number of benzene rings is 1. The van der Waals surface area contributed by atoms with Crippen LogP contribution in [0.25, 0.3) is 0 Å². The molecule has 4 heteroatoms. The van der Waals surface area contributed by atoms with Crippen LogP contribution in [0.4, 0.5) is 0 Å². The van der Waals surface area contributed by atoms with Gasteiger partial charge in [-0.3, -0.25) is 0 Å². The Balaban J connectivity index is 1.56. The predicted molar refractivity (Wildman–Crippen MR) is 87.0 cm³/mol. The minimum absolute atomic E-state index is 0.451. The third kappa shape index (κ3) is 2.45. The Hall–Kier alpha value is -1.68. The third-order valence-corrected chi connectivity index (χ3v) is 5.29. The van der Waals surface area contributed by atoms with Crippen LogP contribution in [-0.2, 0) is 12.8 Å². The van der Waals surface area contributed by atoms with Gasteiger partial charge in [-0.1, -0.05) is 31.2 Å². The molecule has 1 aliphatic heterocycles. The topological polar surface area (TPSA) is 34.0 Å². The summed E-state index contributed by atoms with van der Waals surface area (Å²) >= 11 is 0. The van der Waals surface area contributed by atoms with E-state index in [1.807, 2.05) is 0 Å². The lowest BCUT2D eigenvalue weighted by atomic mass is 9.97. The number of piperidine rings is 1. The fourth-order valence-electron chi connectivity index (χ4n) is 4.09. The summed E-state index contributed by atoms with van der Waals surface area (Å²) in [6.45, 7) is 5.76. The van der Waals surface area contributed by atoms with Crippen LogP contribution in [0.1, 0.15) is 48.7 Å². The second-order valence-corrected chi connectivity index (χ2v) is 6.63. The maximum Gasteiger partial charge on any atom is 0.138 e. The van der Waals surface area contributed by atoms with E-state index in [2.05, 4.69) is 50.9 Å². The van der Waals surface area contributed by atoms with Gasteiger partial charge in [-0.25, -0.2) is 9.67 Å². The number of fused-ring (bicyclic) bond motifs is 1. The van der Waals surface area contributed by atoms with Gasteiger partial charge in [0.2, 0.25) is 0 Å².